The Morgan fingerprint density at radius 3 is 2.30 bits per heavy atom. The third-order valence-electron chi connectivity index (χ3n) is 4.23. The number of halogens is 2. The van der Waals surface area contributed by atoms with E-state index in [-0.39, 0.29) is 41.2 Å². The van der Waals surface area contributed by atoms with Crippen molar-refractivity contribution in [2.75, 3.05) is 33.6 Å². The second-order valence-corrected chi connectivity index (χ2v) is 8.47. The first-order chi connectivity index (χ1) is 14.2. The average Bonchev–Trinajstić information content (AvgIpc) is 2.71. The normalized spacial score (nSPS) is 11.4. The summed E-state index contributed by atoms with van der Waals surface area (Å²) >= 11 is 0. The fourth-order valence-corrected chi connectivity index (χ4v) is 3.86. The van der Waals surface area contributed by atoms with Crippen molar-refractivity contribution in [3.63, 3.8) is 0 Å². The van der Waals surface area contributed by atoms with Gasteiger partial charge >= 0.3 is 6.61 Å². The number of carbonyl (C=O) groups is 1. The van der Waals surface area contributed by atoms with Crippen LogP contribution in [0.4, 0.5) is 8.78 Å². The number of nitrogens with zero attached hydrogens (tertiary/aromatic N) is 1. The number of rotatable bonds is 10. The van der Waals surface area contributed by atoms with Gasteiger partial charge in [-0.15, -0.1) is 0 Å². The van der Waals surface area contributed by atoms with Crippen LogP contribution in [0.3, 0.4) is 0 Å². The predicted octanol–water partition coefficient (Wildman–Crippen LogP) is 2.99. The van der Waals surface area contributed by atoms with Crippen LogP contribution in [0.5, 0.6) is 11.5 Å². The van der Waals surface area contributed by atoms with Crippen LogP contribution in [-0.2, 0) is 21.1 Å². The van der Waals surface area contributed by atoms with Gasteiger partial charge in [0.05, 0.1) is 24.4 Å². The number of alkyl halides is 2. The SMILES string of the molecule is COCCS(=O)(=O)c1ccc(C(=O)N(C)Cc2ccc(OC)c(OC(F)F)c2)cc1. The smallest absolute Gasteiger partial charge is 0.387 e. The minimum atomic E-state index is -3.49. The Kier molecular flexibility index (Phi) is 8.13. The number of sulfone groups is 1. The second-order valence-electron chi connectivity index (χ2n) is 6.36. The lowest BCUT2D eigenvalue weighted by Gasteiger charge is -2.19. The molecular formula is C20H23F2NO6S. The molecule has 0 N–H and O–H groups in total. The molecule has 7 nitrogen and oxygen atoms in total. The molecule has 2 aromatic rings. The Bertz CT molecular complexity index is 964. The number of ether oxygens (including phenoxy) is 3. The van der Waals surface area contributed by atoms with Crippen LogP contribution in [-0.4, -0.2) is 59.5 Å². The molecule has 0 aromatic heterocycles. The summed E-state index contributed by atoms with van der Waals surface area (Å²) in [6, 6.07) is 10.1. The van der Waals surface area contributed by atoms with Crippen LogP contribution < -0.4 is 9.47 Å². The van der Waals surface area contributed by atoms with Gasteiger partial charge in [0.1, 0.15) is 0 Å². The van der Waals surface area contributed by atoms with Gasteiger partial charge in [-0.2, -0.15) is 8.78 Å². The molecule has 0 unspecified atom stereocenters. The van der Waals surface area contributed by atoms with E-state index in [1.165, 1.54) is 55.5 Å². The molecule has 0 atom stereocenters. The maximum absolute atomic E-state index is 12.6. The first-order valence-corrected chi connectivity index (χ1v) is 10.5. The summed E-state index contributed by atoms with van der Waals surface area (Å²) in [4.78, 5) is 14.1. The third kappa shape index (κ3) is 6.14. The fourth-order valence-electron chi connectivity index (χ4n) is 2.69. The molecule has 2 rings (SSSR count). The molecule has 0 saturated heterocycles. The summed E-state index contributed by atoms with van der Waals surface area (Å²) in [6.07, 6.45) is 0. The summed E-state index contributed by atoms with van der Waals surface area (Å²) in [6.45, 7) is -2.81. The Labute approximate surface area is 174 Å². The van der Waals surface area contributed by atoms with Crippen molar-refractivity contribution in [3.8, 4) is 11.5 Å². The Morgan fingerprint density at radius 1 is 1.07 bits per heavy atom. The Morgan fingerprint density at radius 2 is 1.73 bits per heavy atom. The van der Waals surface area contributed by atoms with Gasteiger partial charge in [0, 0.05) is 26.3 Å². The van der Waals surface area contributed by atoms with Crippen LogP contribution in [0.15, 0.2) is 47.4 Å². The molecule has 0 radical (unpaired) electrons. The number of carbonyl (C=O) groups excluding carboxylic acids is 1. The van der Waals surface area contributed by atoms with Crippen LogP contribution >= 0.6 is 0 Å². The van der Waals surface area contributed by atoms with Gasteiger partial charge in [0.15, 0.2) is 21.3 Å². The number of hydrogen-bond acceptors (Lipinski definition) is 6. The molecule has 2 aromatic carbocycles. The van der Waals surface area contributed by atoms with Crippen molar-refractivity contribution in [1.29, 1.82) is 0 Å². The van der Waals surface area contributed by atoms with Crippen LogP contribution in [0.2, 0.25) is 0 Å². The van der Waals surface area contributed by atoms with Gasteiger partial charge in [0.25, 0.3) is 5.91 Å². The zero-order chi connectivity index (χ0) is 22.3. The lowest BCUT2D eigenvalue weighted by molar-refractivity contribution is -0.0512. The highest BCUT2D eigenvalue weighted by molar-refractivity contribution is 7.91. The quantitative estimate of drug-likeness (QED) is 0.562. The van der Waals surface area contributed by atoms with Gasteiger partial charge in [-0.05, 0) is 42.0 Å². The zero-order valence-corrected chi connectivity index (χ0v) is 17.6. The molecule has 0 aliphatic heterocycles. The lowest BCUT2D eigenvalue weighted by atomic mass is 10.1. The van der Waals surface area contributed by atoms with Crippen molar-refractivity contribution in [2.45, 2.75) is 18.1 Å². The monoisotopic (exact) mass is 443 g/mol. The standard InChI is InChI=1S/C20H23F2NO6S/c1-23(13-14-4-9-17(28-3)18(12-14)29-20(21)22)19(24)15-5-7-16(8-6-15)30(25,26)11-10-27-2/h4-9,12,20H,10-11,13H2,1-3H3. The molecule has 0 heterocycles. The van der Waals surface area contributed by atoms with E-state index in [1.54, 1.807) is 13.1 Å². The van der Waals surface area contributed by atoms with Crippen molar-refractivity contribution in [2.24, 2.45) is 0 Å². The van der Waals surface area contributed by atoms with Crippen LogP contribution in [0, 0.1) is 0 Å². The molecule has 1 amide bonds. The first-order valence-electron chi connectivity index (χ1n) is 8.87. The van der Waals surface area contributed by atoms with Gasteiger partial charge in [0.2, 0.25) is 0 Å². The highest BCUT2D eigenvalue weighted by atomic mass is 32.2. The molecular weight excluding hydrogens is 420 g/mol. The third-order valence-corrected chi connectivity index (χ3v) is 5.92. The van der Waals surface area contributed by atoms with E-state index >= 15 is 0 Å². The summed E-state index contributed by atoms with van der Waals surface area (Å²) in [5.41, 5.74) is 0.849. The predicted molar refractivity (Wildman–Crippen MR) is 106 cm³/mol. The lowest BCUT2D eigenvalue weighted by Crippen LogP contribution is -2.26. The summed E-state index contributed by atoms with van der Waals surface area (Å²) < 4.78 is 63.7. The summed E-state index contributed by atoms with van der Waals surface area (Å²) in [5.74, 6) is -0.491. The van der Waals surface area contributed by atoms with E-state index in [0.29, 0.717) is 11.1 Å². The Balaban J connectivity index is 2.12. The van der Waals surface area contributed by atoms with E-state index in [1.807, 2.05) is 0 Å². The number of methoxy groups -OCH3 is 2. The zero-order valence-electron chi connectivity index (χ0n) is 16.8. The van der Waals surface area contributed by atoms with Gasteiger partial charge in [-0.3, -0.25) is 4.79 Å². The molecule has 164 valence electrons. The number of hydrogen-bond donors (Lipinski definition) is 0. The molecule has 0 bridgehead atoms. The highest BCUT2D eigenvalue weighted by Gasteiger charge is 2.18. The van der Waals surface area contributed by atoms with E-state index in [4.69, 9.17) is 9.47 Å². The minimum Gasteiger partial charge on any atom is -0.493 e. The van der Waals surface area contributed by atoms with Gasteiger partial charge in [-0.25, -0.2) is 8.42 Å². The molecule has 0 saturated carbocycles. The molecule has 0 aliphatic rings. The maximum atomic E-state index is 12.6. The topological polar surface area (TPSA) is 82.1 Å². The van der Waals surface area contributed by atoms with Crippen molar-refractivity contribution < 1.29 is 36.2 Å². The van der Waals surface area contributed by atoms with E-state index < -0.39 is 16.4 Å². The molecule has 0 aliphatic carbocycles. The molecule has 30 heavy (non-hydrogen) atoms. The van der Waals surface area contributed by atoms with E-state index in [9.17, 15) is 22.0 Å². The fraction of sp³-hybridized carbons (Fsp3) is 0.350. The Hall–Kier alpha value is -2.72. The molecule has 0 spiro atoms. The van der Waals surface area contributed by atoms with Crippen molar-refractivity contribution in [3.05, 3.63) is 53.6 Å². The van der Waals surface area contributed by atoms with E-state index in [2.05, 4.69) is 4.74 Å². The summed E-state index contributed by atoms with van der Waals surface area (Å²) in [7, 11) is 0.804. The number of benzene rings is 2. The average molecular weight is 443 g/mol. The minimum absolute atomic E-state index is 0.0743. The van der Waals surface area contributed by atoms with Gasteiger partial charge in [-0.1, -0.05) is 6.07 Å². The largest absolute Gasteiger partial charge is 0.493 e. The maximum Gasteiger partial charge on any atom is 0.387 e. The van der Waals surface area contributed by atoms with Crippen molar-refractivity contribution in [1.82, 2.24) is 4.90 Å². The van der Waals surface area contributed by atoms with Crippen LogP contribution in [0.25, 0.3) is 0 Å². The van der Waals surface area contributed by atoms with Gasteiger partial charge < -0.3 is 19.1 Å². The molecule has 10 heteroatoms. The van der Waals surface area contributed by atoms with Crippen molar-refractivity contribution >= 4 is 15.7 Å². The van der Waals surface area contributed by atoms with Crippen LogP contribution in [0.1, 0.15) is 15.9 Å². The van der Waals surface area contributed by atoms with E-state index in [0.717, 1.165) is 0 Å². The highest BCUT2D eigenvalue weighted by Crippen LogP contribution is 2.30. The first kappa shape index (κ1) is 23.6. The number of amides is 1. The second kappa shape index (κ2) is 10.4. The summed E-state index contributed by atoms with van der Waals surface area (Å²) in [5, 5.41) is 0. The molecule has 0 fully saturated rings.